The molecule has 1 atom stereocenters. The molecule has 2 rings (SSSR count). The molecule has 128 valence electrons. The number of nitrogens with one attached hydrogen (secondary N) is 1. The van der Waals surface area contributed by atoms with E-state index in [1.54, 1.807) is 24.3 Å². The minimum Gasteiger partial charge on any atom is -0.489 e. The second kappa shape index (κ2) is 7.93. The average molecular weight is 330 g/mol. The van der Waals surface area contributed by atoms with E-state index in [9.17, 15) is 9.18 Å². The van der Waals surface area contributed by atoms with E-state index in [4.69, 9.17) is 10.5 Å². The van der Waals surface area contributed by atoms with Crippen LogP contribution in [0.3, 0.4) is 0 Å². The molecule has 0 aliphatic heterocycles. The molecule has 1 amide bonds. The van der Waals surface area contributed by atoms with Crippen LogP contribution < -0.4 is 15.8 Å². The van der Waals surface area contributed by atoms with Gasteiger partial charge in [-0.3, -0.25) is 4.79 Å². The van der Waals surface area contributed by atoms with Crippen molar-refractivity contribution in [2.24, 2.45) is 11.7 Å². The zero-order valence-corrected chi connectivity index (χ0v) is 14.2. The number of ether oxygens (including phenoxy) is 1. The fourth-order valence-corrected chi connectivity index (χ4v) is 2.18. The maximum Gasteiger partial charge on any atom is 0.241 e. The fraction of sp³-hybridized carbons (Fsp3) is 0.316. The summed E-state index contributed by atoms with van der Waals surface area (Å²) in [7, 11) is 0. The van der Waals surface area contributed by atoms with E-state index >= 15 is 0 Å². The van der Waals surface area contributed by atoms with Gasteiger partial charge in [-0.1, -0.05) is 26.0 Å². The van der Waals surface area contributed by atoms with Gasteiger partial charge in [0, 0.05) is 5.69 Å². The maximum atomic E-state index is 13.1. The Labute approximate surface area is 141 Å². The van der Waals surface area contributed by atoms with Crippen molar-refractivity contribution in [2.75, 3.05) is 5.32 Å². The van der Waals surface area contributed by atoms with E-state index in [1.807, 2.05) is 26.8 Å². The van der Waals surface area contributed by atoms with Crippen LogP contribution in [0.5, 0.6) is 5.75 Å². The molecular formula is C19H23FN2O2. The van der Waals surface area contributed by atoms with Crippen molar-refractivity contribution >= 4 is 11.6 Å². The van der Waals surface area contributed by atoms with Crippen LogP contribution in [0.1, 0.15) is 25.0 Å². The van der Waals surface area contributed by atoms with Gasteiger partial charge in [0.2, 0.25) is 5.91 Å². The van der Waals surface area contributed by atoms with E-state index in [2.05, 4.69) is 5.32 Å². The van der Waals surface area contributed by atoms with Gasteiger partial charge < -0.3 is 15.8 Å². The van der Waals surface area contributed by atoms with Crippen LogP contribution in [0.2, 0.25) is 0 Å². The van der Waals surface area contributed by atoms with Crippen LogP contribution in [0.4, 0.5) is 10.1 Å². The first-order chi connectivity index (χ1) is 11.4. The number of anilines is 1. The van der Waals surface area contributed by atoms with E-state index in [0.29, 0.717) is 11.4 Å². The first-order valence-corrected chi connectivity index (χ1v) is 7.91. The summed E-state index contributed by atoms with van der Waals surface area (Å²) in [5.74, 6) is 0.232. The summed E-state index contributed by atoms with van der Waals surface area (Å²) in [4.78, 5) is 12.0. The second-order valence-corrected chi connectivity index (χ2v) is 6.15. The number of hydrogen-bond donors (Lipinski definition) is 2. The summed E-state index contributed by atoms with van der Waals surface area (Å²) in [6.07, 6.45) is 0. The van der Waals surface area contributed by atoms with Crippen molar-refractivity contribution in [1.29, 1.82) is 0 Å². The van der Waals surface area contributed by atoms with E-state index < -0.39 is 6.04 Å². The second-order valence-electron chi connectivity index (χ2n) is 6.15. The molecule has 0 bridgehead atoms. The highest BCUT2D eigenvalue weighted by molar-refractivity contribution is 5.95. The van der Waals surface area contributed by atoms with Crippen molar-refractivity contribution in [2.45, 2.75) is 33.4 Å². The first kappa shape index (κ1) is 17.9. The van der Waals surface area contributed by atoms with Gasteiger partial charge in [0.25, 0.3) is 0 Å². The Bertz CT molecular complexity index is 716. The van der Waals surface area contributed by atoms with Gasteiger partial charge in [0.15, 0.2) is 0 Å². The summed E-state index contributed by atoms with van der Waals surface area (Å²) >= 11 is 0. The predicted molar refractivity (Wildman–Crippen MR) is 93.4 cm³/mol. The number of aryl methyl sites for hydroxylation is 1. The third kappa shape index (κ3) is 4.80. The molecule has 2 aromatic rings. The molecule has 24 heavy (non-hydrogen) atoms. The van der Waals surface area contributed by atoms with Crippen molar-refractivity contribution in [3.63, 3.8) is 0 Å². The zero-order valence-electron chi connectivity index (χ0n) is 14.2. The third-order valence-corrected chi connectivity index (χ3v) is 3.77. The standard InChI is InChI=1S/C19H23FN2O2/c1-12(2)18(21)19(23)22-17-8-7-16(9-13(17)3)24-11-14-5-4-6-15(20)10-14/h4-10,12,18H,11,21H2,1-3H3,(H,22,23)/t18-/m0/s1. The number of benzene rings is 2. The van der Waals surface area contributed by atoms with Crippen LogP contribution in [0, 0.1) is 18.7 Å². The van der Waals surface area contributed by atoms with Crippen molar-refractivity contribution in [1.82, 2.24) is 0 Å². The lowest BCUT2D eigenvalue weighted by molar-refractivity contribution is -0.118. The molecule has 0 spiro atoms. The Balaban J connectivity index is 2.00. The highest BCUT2D eigenvalue weighted by Gasteiger charge is 2.17. The molecule has 0 fully saturated rings. The van der Waals surface area contributed by atoms with Crippen molar-refractivity contribution in [3.8, 4) is 5.75 Å². The largest absolute Gasteiger partial charge is 0.489 e. The SMILES string of the molecule is Cc1cc(OCc2cccc(F)c2)ccc1NC(=O)[C@@H](N)C(C)C. The molecule has 0 saturated heterocycles. The Hall–Kier alpha value is -2.40. The number of amides is 1. The molecule has 0 heterocycles. The van der Waals surface area contributed by atoms with Gasteiger partial charge in [0.05, 0.1) is 6.04 Å². The van der Waals surface area contributed by atoms with E-state index in [0.717, 1.165) is 11.1 Å². The lowest BCUT2D eigenvalue weighted by Gasteiger charge is -2.17. The predicted octanol–water partition coefficient (Wildman–Crippen LogP) is 3.63. The molecule has 2 aromatic carbocycles. The lowest BCUT2D eigenvalue weighted by Crippen LogP contribution is -2.39. The summed E-state index contributed by atoms with van der Waals surface area (Å²) in [5.41, 5.74) is 8.18. The molecule has 0 aromatic heterocycles. The third-order valence-electron chi connectivity index (χ3n) is 3.77. The number of nitrogens with two attached hydrogens (primary N) is 1. The van der Waals surface area contributed by atoms with Gasteiger partial charge in [-0.15, -0.1) is 0 Å². The van der Waals surface area contributed by atoms with Gasteiger partial charge in [0.1, 0.15) is 18.2 Å². The Kier molecular flexibility index (Phi) is 5.93. The summed E-state index contributed by atoms with van der Waals surface area (Å²) < 4.78 is 18.8. The van der Waals surface area contributed by atoms with E-state index in [1.165, 1.54) is 12.1 Å². The minimum atomic E-state index is -0.548. The summed E-state index contributed by atoms with van der Waals surface area (Å²) in [6.45, 7) is 5.97. The topological polar surface area (TPSA) is 64.3 Å². The monoisotopic (exact) mass is 330 g/mol. The molecule has 0 radical (unpaired) electrons. The molecule has 4 nitrogen and oxygen atoms in total. The molecular weight excluding hydrogens is 307 g/mol. The van der Waals surface area contributed by atoms with Gasteiger partial charge in [-0.2, -0.15) is 0 Å². The molecule has 3 N–H and O–H groups in total. The number of carbonyl (C=O) groups is 1. The number of halogens is 1. The average Bonchev–Trinajstić information content (AvgIpc) is 2.54. The molecule has 0 unspecified atom stereocenters. The van der Waals surface area contributed by atoms with Crippen molar-refractivity contribution < 1.29 is 13.9 Å². The highest BCUT2D eigenvalue weighted by atomic mass is 19.1. The molecule has 0 aliphatic carbocycles. The number of rotatable bonds is 6. The number of carbonyl (C=O) groups excluding carboxylic acids is 1. The van der Waals surface area contributed by atoms with Gasteiger partial charge in [-0.25, -0.2) is 4.39 Å². The number of hydrogen-bond acceptors (Lipinski definition) is 3. The summed E-state index contributed by atoms with van der Waals surface area (Å²) in [6, 6.07) is 11.1. The van der Waals surface area contributed by atoms with Gasteiger partial charge >= 0.3 is 0 Å². The van der Waals surface area contributed by atoms with Crippen molar-refractivity contribution in [3.05, 3.63) is 59.4 Å². The summed E-state index contributed by atoms with van der Waals surface area (Å²) in [5, 5.41) is 2.83. The Morgan fingerprint density at radius 3 is 2.62 bits per heavy atom. The molecule has 5 heteroatoms. The highest BCUT2D eigenvalue weighted by Crippen LogP contribution is 2.22. The van der Waals surface area contributed by atoms with Crippen LogP contribution in [0.25, 0.3) is 0 Å². The quantitative estimate of drug-likeness (QED) is 0.850. The van der Waals surface area contributed by atoms with Crippen LogP contribution in [-0.2, 0) is 11.4 Å². The smallest absolute Gasteiger partial charge is 0.241 e. The lowest BCUT2D eigenvalue weighted by atomic mass is 10.0. The minimum absolute atomic E-state index is 0.0687. The normalized spacial score (nSPS) is 12.1. The Morgan fingerprint density at radius 2 is 2.00 bits per heavy atom. The zero-order chi connectivity index (χ0) is 17.7. The molecule has 0 saturated carbocycles. The van der Waals surface area contributed by atoms with E-state index in [-0.39, 0.29) is 24.2 Å². The van der Waals surface area contributed by atoms with Crippen LogP contribution in [0.15, 0.2) is 42.5 Å². The Morgan fingerprint density at radius 1 is 1.25 bits per heavy atom. The van der Waals surface area contributed by atoms with Crippen LogP contribution in [-0.4, -0.2) is 11.9 Å². The van der Waals surface area contributed by atoms with Gasteiger partial charge in [-0.05, 0) is 54.3 Å². The van der Waals surface area contributed by atoms with Crippen LogP contribution >= 0.6 is 0 Å². The molecule has 0 aliphatic rings. The maximum absolute atomic E-state index is 13.1. The fourth-order valence-electron chi connectivity index (χ4n) is 2.18. The first-order valence-electron chi connectivity index (χ1n) is 7.91.